The van der Waals surface area contributed by atoms with Gasteiger partial charge in [0, 0.05) is 58.2 Å². The summed E-state index contributed by atoms with van der Waals surface area (Å²) in [6, 6.07) is 68.5. The quantitative estimate of drug-likeness (QED) is 0.176. The van der Waals surface area contributed by atoms with Crippen LogP contribution in [0.2, 0.25) is 0 Å². The SMILES string of the molecule is c1ccc2cc3c(cc2c1)c1cc2ccccc2cc1n3-c1c(-c2nc(-c3cccc4c3oc3ccccc34)nc(-c3cccc4c3sc3ccccc34)n2)ccc2oc3ccccc3c12. The fourth-order valence-electron chi connectivity index (χ4n) is 10.4. The first-order valence-corrected chi connectivity index (χ1v) is 22.9. The number of hydrogen-bond donors (Lipinski definition) is 0. The average molecular weight is 861 g/mol. The van der Waals surface area contributed by atoms with Crippen LogP contribution in [0.5, 0.6) is 0 Å². The molecule has 0 bridgehead atoms. The summed E-state index contributed by atoms with van der Waals surface area (Å²) >= 11 is 1.77. The lowest BCUT2D eigenvalue weighted by Gasteiger charge is -2.16. The number of fused-ring (bicyclic) bond motifs is 14. The third kappa shape index (κ3) is 5.08. The Labute approximate surface area is 379 Å². The highest BCUT2D eigenvalue weighted by Crippen LogP contribution is 2.46. The molecule has 0 spiro atoms. The standard InChI is InChI=1S/C59H32N4O2S/c1-3-15-35-31-47-45(29-33(35)13-1)46-30-34-14-2-4-16-36(34)32-48(46)63(47)54-42(27-28-51-53(54)41-19-6-9-25-50(41)64-51)57-60-58(43-22-11-20-39-37-17-5-8-24-49(37)65-55(39)43)62-59(61-57)44-23-12-21-40-38-18-7-10-26-52(38)66-56(40)44/h1-32H. The highest BCUT2D eigenvalue weighted by atomic mass is 32.1. The Bertz CT molecular complexity index is 4330. The summed E-state index contributed by atoms with van der Waals surface area (Å²) < 4.78 is 18.1. The maximum absolute atomic E-state index is 6.71. The van der Waals surface area contributed by atoms with Gasteiger partial charge in [-0.3, -0.25) is 0 Å². The molecule has 0 aliphatic heterocycles. The van der Waals surface area contributed by atoms with E-state index in [4.69, 9.17) is 23.8 Å². The predicted molar refractivity (Wildman–Crippen MR) is 273 cm³/mol. The molecular formula is C59H32N4O2S. The maximum atomic E-state index is 6.71. The molecule has 0 fully saturated rings. The zero-order valence-corrected chi connectivity index (χ0v) is 35.8. The number of hydrogen-bond acceptors (Lipinski definition) is 6. The van der Waals surface area contributed by atoms with Crippen molar-refractivity contribution in [3.63, 3.8) is 0 Å². The largest absolute Gasteiger partial charge is 0.456 e. The summed E-state index contributed by atoms with van der Waals surface area (Å²) in [6.07, 6.45) is 0. The monoisotopic (exact) mass is 860 g/mol. The summed E-state index contributed by atoms with van der Waals surface area (Å²) in [5.74, 6) is 1.66. The number of furan rings is 2. The minimum absolute atomic E-state index is 0.528. The third-order valence-electron chi connectivity index (χ3n) is 13.4. The van der Waals surface area contributed by atoms with Gasteiger partial charge in [0.05, 0.1) is 27.7 Å². The van der Waals surface area contributed by atoms with Crippen LogP contribution in [0, 0.1) is 0 Å². The van der Waals surface area contributed by atoms with Crippen molar-refractivity contribution >= 4 is 119 Å². The highest BCUT2D eigenvalue weighted by molar-refractivity contribution is 7.26. The molecule has 0 atom stereocenters. The number of thiophene rings is 1. The van der Waals surface area contributed by atoms with E-state index in [1.54, 1.807) is 11.3 Å². The van der Waals surface area contributed by atoms with Crippen LogP contribution in [-0.2, 0) is 0 Å². The Morgan fingerprint density at radius 1 is 0.364 bits per heavy atom. The average Bonchev–Trinajstić information content (AvgIpc) is 4.13. The minimum Gasteiger partial charge on any atom is -0.456 e. The van der Waals surface area contributed by atoms with Gasteiger partial charge in [-0.15, -0.1) is 11.3 Å². The Morgan fingerprint density at radius 3 is 1.61 bits per heavy atom. The summed E-state index contributed by atoms with van der Waals surface area (Å²) in [4.78, 5) is 16.5. The molecule has 6 nitrogen and oxygen atoms in total. The fourth-order valence-corrected chi connectivity index (χ4v) is 11.6. The molecule has 15 aromatic rings. The van der Waals surface area contributed by atoms with Crippen LogP contribution in [0.3, 0.4) is 0 Å². The lowest BCUT2D eigenvalue weighted by Crippen LogP contribution is -2.04. The van der Waals surface area contributed by atoms with Crippen molar-refractivity contribution in [2.24, 2.45) is 0 Å². The zero-order valence-electron chi connectivity index (χ0n) is 35.0. The van der Waals surface area contributed by atoms with Crippen molar-refractivity contribution in [2.45, 2.75) is 0 Å². The van der Waals surface area contributed by atoms with Gasteiger partial charge in [0.15, 0.2) is 17.5 Å². The van der Waals surface area contributed by atoms with Crippen LogP contribution >= 0.6 is 11.3 Å². The van der Waals surface area contributed by atoms with E-state index >= 15 is 0 Å². The normalized spacial score (nSPS) is 12.2. The predicted octanol–water partition coefficient (Wildman–Crippen LogP) is 16.4. The van der Waals surface area contributed by atoms with Crippen molar-refractivity contribution in [2.75, 3.05) is 0 Å². The lowest BCUT2D eigenvalue weighted by molar-refractivity contribution is 0.669. The van der Waals surface area contributed by atoms with Crippen LogP contribution in [0.1, 0.15) is 0 Å². The van der Waals surface area contributed by atoms with Crippen molar-refractivity contribution in [1.29, 1.82) is 0 Å². The Kier molecular flexibility index (Phi) is 7.28. The molecule has 7 heteroatoms. The Balaban J connectivity index is 1.11. The molecule has 0 saturated carbocycles. The van der Waals surface area contributed by atoms with Crippen LogP contribution < -0.4 is 0 Å². The molecule has 0 N–H and O–H groups in total. The summed E-state index contributed by atoms with van der Waals surface area (Å²) in [7, 11) is 0. The molecule has 0 amide bonds. The van der Waals surface area contributed by atoms with Crippen LogP contribution in [0.4, 0.5) is 0 Å². The summed E-state index contributed by atoms with van der Waals surface area (Å²) in [5, 5.41) is 13.5. The zero-order chi connectivity index (χ0) is 43.0. The van der Waals surface area contributed by atoms with Crippen molar-refractivity contribution in [3.05, 3.63) is 194 Å². The topological polar surface area (TPSA) is 69.9 Å². The molecule has 5 heterocycles. The van der Waals surface area contributed by atoms with Gasteiger partial charge in [0.25, 0.3) is 0 Å². The molecule has 306 valence electrons. The molecule has 0 radical (unpaired) electrons. The molecule has 0 aliphatic rings. The second kappa shape index (κ2) is 13.4. The van der Waals surface area contributed by atoms with E-state index < -0.39 is 0 Å². The number of benzene rings is 10. The minimum atomic E-state index is 0.528. The first-order valence-electron chi connectivity index (χ1n) is 22.1. The van der Waals surface area contributed by atoms with Crippen LogP contribution in [0.15, 0.2) is 203 Å². The van der Waals surface area contributed by atoms with Crippen LogP contribution in [-0.4, -0.2) is 19.5 Å². The van der Waals surface area contributed by atoms with Gasteiger partial charge in [0.1, 0.15) is 22.3 Å². The second-order valence-electron chi connectivity index (χ2n) is 17.1. The van der Waals surface area contributed by atoms with Crippen LogP contribution in [0.25, 0.3) is 147 Å². The van der Waals surface area contributed by atoms with Gasteiger partial charge in [-0.2, -0.15) is 0 Å². The van der Waals surface area contributed by atoms with Gasteiger partial charge in [-0.1, -0.05) is 127 Å². The van der Waals surface area contributed by atoms with E-state index in [0.29, 0.717) is 17.5 Å². The van der Waals surface area contributed by atoms with Crippen molar-refractivity contribution < 1.29 is 8.83 Å². The van der Waals surface area contributed by atoms with Crippen molar-refractivity contribution in [1.82, 2.24) is 19.5 Å². The van der Waals surface area contributed by atoms with Gasteiger partial charge in [-0.25, -0.2) is 15.0 Å². The van der Waals surface area contributed by atoms with Gasteiger partial charge >= 0.3 is 0 Å². The number of para-hydroxylation sites is 3. The first kappa shape index (κ1) is 35.8. The van der Waals surface area contributed by atoms with Gasteiger partial charge in [-0.05, 0) is 88.3 Å². The summed E-state index contributed by atoms with van der Waals surface area (Å²) in [5.41, 5.74) is 8.83. The Hall–Kier alpha value is -8.65. The van der Waals surface area contributed by atoms with Crippen molar-refractivity contribution in [3.8, 4) is 39.9 Å². The van der Waals surface area contributed by atoms with E-state index in [1.165, 1.54) is 26.2 Å². The molecule has 0 saturated heterocycles. The lowest BCUT2D eigenvalue weighted by atomic mass is 10.0. The van der Waals surface area contributed by atoms with E-state index in [9.17, 15) is 0 Å². The van der Waals surface area contributed by atoms with E-state index in [-0.39, 0.29) is 0 Å². The molecule has 0 aliphatic carbocycles. The molecule has 66 heavy (non-hydrogen) atoms. The fraction of sp³-hybridized carbons (Fsp3) is 0. The molecule has 5 aromatic heterocycles. The van der Waals surface area contributed by atoms with Gasteiger partial charge in [0.2, 0.25) is 0 Å². The molecule has 0 unspecified atom stereocenters. The number of nitrogens with zero attached hydrogens (tertiary/aromatic N) is 4. The number of aromatic nitrogens is 4. The van der Waals surface area contributed by atoms with E-state index in [1.807, 2.05) is 30.3 Å². The summed E-state index contributed by atoms with van der Waals surface area (Å²) in [6.45, 7) is 0. The second-order valence-corrected chi connectivity index (χ2v) is 18.1. The van der Waals surface area contributed by atoms with E-state index in [2.05, 4.69) is 168 Å². The molecule has 10 aromatic carbocycles. The highest BCUT2D eigenvalue weighted by Gasteiger charge is 2.26. The first-order chi connectivity index (χ1) is 32.7. The maximum Gasteiger partial charge on any atom is 0.167 e. The van der Waals surface area contributed by atoms with E-state index in [0.717, 1.165) is 104 Å². The third-order valence-corrected chi connectivity index (χ3v) is 14.6. The smallest absolute Gasteiger partial charge is 0.167 e. The van der Waals surface area contributed by atoms with Gasteiger partial charge < -0.3 is 13.4 Å². The Morgan fingerprint density at radius 2 is 0.894 bits per heavy atom. The molecule has 15 rings (SSSR count). The number of rotatable bonds is 4. The molecular weight excluding hydrogens is 829 g/mol.